The Morgan fingerprint density at radius 3 is 2.96 bits per heavy atom. The van der Waals surface area contributed by atoms with E-state index in [0.29, 0.717) is 44.0 Å². The number of carboxylic acids is 1. The van der Waals surface area contributed by atoms with Crippen molar-refractivity contribution >= 4 is 11.9 Å². The van der Waals surface area contributed by atoms with Crippen molar-refractivity contribution in [2.45, 2.75) is 31.4 Å². The molecule has 0 aromatic heterocycles. The van der Waals surface area contributed by atoms with Crippen molar-refractivity contribution in [2.75, 3.05) is 26.6 Å². The van der Waals surface area contributed by atoms with Crippen molar-refractivity contribution in [3.63, 3.8) is 0 Å². The number of rotatable bonds is 7. The third kappa shape index (κ3) is 4.83. The number of amides is 1. The Kier molecular flexibility index (Phi) is 5.72. The summed E-state index contributed by atoms with van der Waals surface area (Å²) < 4.78 is 21.3. The highest BCUT2D eigenvalue weighted by Crippen LogP contribution is 2.32. The molecule has 2 atom stereocenters. The van der Waals surface area contributed by atoms with Gasteiger partial charge in [0, 0.05) is 13.0 Å². The van der Waals surface area contributed by atoms with Crippen LogP contribution in [0.1, 0.15) is 18.4 Å². The normalized spacial score (nSPS) is 21.8. The van der Waals surface area contributed by atoms with Gasteiger partial charge in [0.2, 0.25) is 12.7 Å². The minimum absolute atomic E-state index is 0.128. The maximum Gasteiger partial charge on any atom is 0.329 e. The van der Waals surface area contributed by atoms with Gasteiger partial charge in [0.25, 0.3) is 0 Å². The Labute approximate surface area is 145 Å². The largest absolute Gasteiger partial charge is 0.480 e. The van der Waals surface area contributed by atoms with Crippen molar-refractivity contribution < 1.29 is 33.6 Å². The second-order valence-corrected chi connectivity index (χ2v) is 5.97. The summed E-state index contributed by atoms with van der Waals surface area (Å²) in [6.45, 7) is 0.654. The average Bonchev–Trinajstić information content (AvgIpc) is 3.07. The first-order valence-corrected chi connectivity index (χ1v) is 8.21. The van der Waals surface area contributed by atoms with E-state index < -0.39 is 5.97 Å². The van der Waals surface area contributed by atoms with Crippen LogP contribution < -0.4 is 14.8 Å². The van der Waals surface area contributed by atoms with Gasteiger partial charge in [0.05, 0.1) is 18.8 Å². The SMILES string of the molecule is O=C(O)CO[C@@H]1CCOC[C@@H]1NC(=O)CCc1ccc2c(c1)OCO2. The Balaban J connectivity index is 1.48. The first-order chi connectivity index (χ1) is 12.1. The van der Waals surface area contributed by atoms with Gasteiger partial charge < -0.3 is 29.4 Å². The van der Waals surface area contributed by atoms with E-state index in [1.54, 1.807) is 0 Å². The van der Waals surface area contributed by atoms with Crippen molar-refractivity contribution in [1.29, 1.82) is 0 Å². The van der Waals surface area contributed by atoms with Gasteiger partial charge in [0.15, 0.2) is 11.5 Å². The summed E-state index contributed by atoms with van der Waals surface area (Å²) in [4.78, 5) is 22.9. The van der Waals surface area contributed by atoms with E-state index in [9.17, 15) is 9.59 Å². The van der Waals surface area contributed by atoms with E-state index in [0.717, 1.165) is 5.56 Å². The molecule has 0 bridgehead atoms. The van der Waals surface area contributed by atoms with Crippen molar-refractivity contribution in [3.05, 3.63) is 23.8 Å². The van der Waals surface area contributed by atoms with Gasteiger partial charge in [-0.05, 0) is 30.5 Å². The molecule has 2 aliphatic heterocycles. The minimum Gasteiger partial charge on any atom is -0.480 e. The maximum atomic E-state index is 12.2. The molecule has 0 aliphatic carbocycles. The summed E-state index contributed by atoms with van der Waals surface area (Å²) in [6, 6.07) is 5.28. The van der Waals surface area contributed by atoms with Crippen LogP contribution in [0.2, 0.25) is 0 Å². The van der Waals surface area contributed by atoms with Gasteiger partial charge in [-0.2, -0.15) is 0 Å². The lowest BCUT2D eigenvalue weighted by molar-refractivity contribution is -0.148. The van der Waals surface area contributed by atoms with Crippen LogP contribution in [-0.4, -0.2) is 55.7 Å². The molecule has 2 aliphatic rings. The highest BCUT2D eigenvalue weighted by Gasteiger charge is 2.28. The molecule has 2 N–H and O–H groups in total. The Hall–Kier alpha value is -2.32. The molecular formula is C17H21NO7. The smallest absolute Gasteiger partial charge is 0.329 e. The molecule has 3 rings (SSSR count). The van der Waals surface area contributed by atoms with Gasteiger partial charge in [-0.1, -0.05) is 6.07 Å². The summed E-state index contributed by atoms with van der Waals surface area (Å²) in [5.74, 6) is 0.253. The predicted molar refractivity (Wildman–Crippen MR) is 85.6 cm³/mol. The number of fused-ring (bicyclic) bond motifs is 1. The third-order valence-electron chi connectivity index (χ3n) is 4.14. The summed E-state index contributed by atoms with van der Waals surface area (Å²) in [5, 5.41) is 11.6. The van der Waals surface area contributed by atoms with Gasteiger partial charge in [-0.25, -0.2) is 4.79 Å². The number of carbonyl (C=O) groups excluding carboxylic acids is 1. The first-order valence-electron chi connectivity index (χ1n) is 8.21. The Morgan fingerprint density at radius 1 is 1.28 bits per heavy atom. The fourth-order valence-electron chi connectivity index (χ4n) is 2.86. The van der Waals surface area contributed by atoms with Gasteiger partial charge in [-0.3, -0.25) is 4.79 Å². The summed E-state index contributed by atoms with van der Waals surface area (Å²) in [7, 11) is 0. The number of hydrogen-bond acceptors (Lipinski definition) is 6. The van der Waals surface area contributed by atoms with Crippen LogP contribution in [0.5, 0.6) is 11.5 Å². The number of hydrogen-bond donors (Lipinski definition) is 2. The van der Waals surface area contributed by atoms with E-state index in [-0.39, 0.29) is 31.5 Å². The second kappa shape index (κ2) is 8.17. The lowest BCUT2D eigenvalue weighted by Crippen LogP contribution is -2.51. The van der Waals surface area contributed by atoms with Crippen LogP contribution in [-0.2, 0) is 25.5 Å². The van der Waals surface area contributed by atoms with Crippen molar-refractivity contribution in [1.82, 2.24) is 5.32 Å². The number of benzene rings is 1. The van der Waals surface area contributed by atoms with Crippen LogP contribution in [0.4, 0.5) is 0 Å². The molecule has 8 nitrogen and oxygen atoms in total. The standard InChI is InChI=1S/C17H21NO7/c19-16(4-2-11-1-3-14-15(7-11)25-10-24-14)18-12-8-22-6-5-13(12)23-9-17(20)21/h1,3,7,12-13H,2,4-6,8-10H2,(H,18,19)(H,20,21)/t12-,13+/m0/s1. The fraction of sp³-hybridized carbons (Fsp3) is 0.529. The summed E-state index contributed by atoms with van der Waals surface area (Å²) in [5.41, 5.74) is 0.984. The number of aliphatic carboxylic acids is 1. The molecule has 1 fully saturated rings. The molecule has 0 radical (unpaired) electrons. The molecule has 0 unspecified atom stereocenters. The van der Waals surface area contributed by atoms with E-state index >= 15 is 0 Å². The molecule has 25 heavy (non-hydrogen) atoms. The van der Waals surface area contributed by atoms with Crippen molar-refractivity contribution in [2.24, 2.45) is 0 Å². The van der Waals surface area contributed by atoms with Crippen LogP contribution in [0, 0.1) is 0 Å². The monoisotopic (exact) mass is 351 g/mol. The second-order valence-electron chi connectivity index (χ2n) is 5.97. The molecule has 1 aromatic carbocycles. The summed E-state index contributed by atoms with van der Waals surface area (Å²) in [6.07, 6.45) is 1.08. The van der Waals surface area contributed by atoms with E-state index in [2.05, 4.69) is 5.32 Å². The number of carbonyl (C=O) groups is 2. The van der Waals surface area contributed by atoms with E-state index in [1.165, 1.54) is 0 Å². The average molecular weight is 351 g/mol. The number of carboxylic acid groups (broad SMARTS) is 1. The first kappa shape index (κ1) is 17.5. The van der Waals surface area contributed by atoms with E-state index in [1.807, 2.05) is 18.2 Å². The Morgan fingerprint density at radius 2 is 2.12 bits per heavy atom. The number of ether oxygens (including phenoxy) is 4. The lowest BCUT2D eigenvalue weighted by Gasteiger charge is -2.31. The molecule has 0 spiro atoms. The molecule has 1 saturated heterocycles. The quantitative estimate of drug-likeness (QED) is 0.746. The van der Waals surface area contributed by atoms with Crippen molar-refractivity contribution in [3.8, 4) is 11.5 Å². The fourth-order valence-corrected chi connectivity index (χ4v) is 2.86. The molecule has 2 heterocycles. The zero-order valence-electron chi connectivity index (χ0n) is 13.7. The lowest BCUT2D eigenvalue weighted by atomic mass is 10.1. The maximum absolute atomic E-state index is 12.2. The predicted octanol–water partition coefficient (Wildman–Crippen LogP) is 0.723. The minimum atomic E-state index is -1.03. The molecule has 136 valence electrons. The number of aryl methyl sites for hydroxylation is 1. The number of nitrogens with one attached hydrogen (secondary N) is 1. The topological polar surface area (TPSA) is 103 Å². The van der Waals surface area contributed by atoms with Crippen LogP contribution >= 0.6 is 0 Å². The molecular weight excluding hydrogens is 330 g/mol. The van der Waals surface area contributed by atoms with Crippen LogP contribution in [0.3, 0.4) is 0 Å². The molecule has 8 heteroatoms. The van der Waals surface area contributed by atoms with Gasteiger partial charge in [0.1, 0.15) is 6.61 Å². The zero-order valence-corrected chi connectivity index (χ0v) is 13.7. The van der Waals surface area contributed by atoms with Crippen LogP contribution in [0.15, 0.2) is 18.2 Å². The highest BCUT2D eigenvalue weighted by molar-refractivity contribution is 5.76. The molecule has 1 amide bonds. The third-order valence-corrected chi connectivity index (χ3v) is 4.14. The highest BCUT2D eigenvalue weighted by atomic mass is 16.7. The molecule has 0 saturated carbocycles. The summed E-state index contributed by atoms with van der Waals surface area (Å²) >= 11 is 0. The van der Waals surface area contributed by atoms with E-state index in [4.69, 9.17) is 24.1 Å². The van der Waals surface area contributed by atoms with Gasteiger partial charge in [-0.15, -0.1) is 0 Å². The zero-order chi connectivity index (χ0) is 17.6. The van der Waals surface area contributed by atoms with Gasteiger partial charge >= 0.3 is 5.97 Å². The van der Waals surface area contributed by atoms with Crippen LogP contribution in [0.25, 0.3) is 0 Å². The Bertz CT molecular complexity index is 633. The molecule has 1 aromatic rings.